The largest absolute Gasteiger partial charge is 0.510 e. The number of fused-ring (bicyclic) bond motifs is 3. The van der Waals surface area contributed by atoms with Gasteiger partial charge in [0.25, 0.3) is 0 Å². The van der Waals surface area contributed by atoms with Crippen LogP contribution in [0.2, 0.25) is 0 Å². The van der Waals surface area contributed by atoms with Crippen LogP contribution in [-0.2, 0) is 21.9 Å². The van der Waals surface area contributed by atoms with E-state index in [0.29, 0.717) is 35.9 Å². The van der Waals surface area contributed by atoms with Crippen LogP contribution in [-0.4, -0.2) is 31.6 Å². The average Bonchev–Trinajstić information content (AvgIpc) is 3.24. The number of rotatable bonds is 10. The minimum Gasteiger partial charge on any atom is -0.341 e. The molecular formula is C28H25F3N2O4S. The Balaban J connectivity index is 1.78. The van der Waals surface area contributed by atoms with Crippen LogP contribution in [0.4, 0.5) is 13.2 Å². The summed E-state index contributed by atoms with van der Waals surface area (Å²) in [6.45, 7) is 4.48. The van der Waals surface area contributed by atoms with Crippen LogP contribution in [0.1, 0.15) is 59.4 Å². The van der Waals surface area contributed by atoms with Gasteiger partial charge in [-0.25, -0.2) is 4.21 Å². The lowest BCUT2D eigenvalue weighted by Gasteiger charge is -2.07. The minimum atomic E-state index is -5.11. The molecule has 0 radical (unpaired) electrons. The summed E-state index contributed by atoms with van der Waals surface area (Å²) in [5.41, 5.74) is -2.41. The summed E-state index contributed by atoms with van der Waals surface area (Å²) in [5, 5.41) is 4.81. The highest BCUT2D eigenvalue weighted by Crippen LogP contribution is 2.32. The number of unbranched alkanes of at least 4 members (excludes halogenated alkanes) is 1. The van der Waals surface area contributed by atoms with Gasteiger partial charge in [0, 0.05) is 45.0 Å². The van der Waals surface area contributed by atoms with E-state index in [1.165, 1.54) is 0 Å². The number of ketones is 2. The molecule has 0 aliphatic rings. The SMILES string of the molecule is CCCC/C(=N\OS(=O)C(F)(F)F)C(=O)c1ccc2c(c1)c1cc(C(=O)c3ccccc3)ccc1n2CC. The lowest BCUT2D eigenvalue weighted by atomic mass is 9.99. The molecule has 0 amide bonds. The number of benzene rings is 3. The molecule has 4 rings (SSSR count). The predicted octanol–water partition coefficient (Wildman–Crippen LogP) is 6.97. The third-order valence-corrected chi connectivity index (χ3v) is 6.76. The molecule has 0 spiro atoms. The third kappa shape index (κ3) is 5.55. The fourth-order valence-electron chi connectivity index (χ4n) is 4.32. The second kappa shape index (κ2) is 11.3. The van der Waals surface area contributed by atoms with Crippen molar-refractivity contribution >= 4 is 50.2 Å². The number of nitrogens with zero attached hydrogens (tertiary/aromatic N) is 2. The maximum absolute atomic E-state index is 13.3. The molecule has 0 aliphatic carbocycles. The van der Waals surface area contributed by atoms with E-state index < -0.39 is 22.4 Å². The molecule has 1 unspecified atom stereocenters. The number of hydrogen-bond donors (Lipinski definition) is 0. The molecule has 4 aromatic rings. The van der Waals surface area contributed by atoms with Crippen LogP contribution < -0.4 is 0 Å². The molecule has 0 aliphatic heterocycles. The molecule has 0 saturated carbocycles. The predicted molar refractivity (Wildman–Crippen MR) is 142 cm³/mol. The number of carbonyl (C=O) groups excluding carboxylic acids is 2. The van der Waals surface area contributed by atoms with Gasteiger partial charge in [-0.15, -0.1) is 0 Å². The van der Waals surface area contributed by atoms with Gasteiger partial charge in [0.05, 0.1) is 0 Å². The van der Waals surface area contributed by atoms with Crippen LogP contribution in [0.15, 0.2) is 71.9 Å². The summed E-state index contributed by atoms with van der Waals surface area (Å²) in [6.07, 6.45) is 1.21. The van der Waals surface area contributed by atoms with Crippen molar-refractivity contribution in [3.05, 3.63) is 83.4 Å². The lowest BCUT2D eigenvalue weighted by molar-refractivity contribution is -0.0471. The Kier molecular flexibility index (Phi) is 8.11. The molecule has 1 heterocycles. The highest BCUT2D eigenvalue weighted by atomic mass is 32.2. The normalized spacial score (nSPS) is 13.1. The molecule has 1 aromatic heterocycles. The van der Waals surface area contributed by atoms with Crippen LogP contribution in [0.5, 0.6) is 0 Å². The molecule has 1 atom stereocenters. The first-order chi connectivity index (χ1) is 18.2. The quantitative estimate of drug-likeness (QED) is 0.123. The number of halogens is 3. The van der Waals surface area contributed by atoms with Gasteiger partial charge in [-0.05, 0) is 56.2 Å². The second-order valence-corrected chi connectivity index (χ2v) is 9.71. The molecule has 198 valence electrons. The molecular weight excluding hydrogens is 517 g/mol. The number of hydrogen-bond acceptors (Lipinski definition) is 5. The Morgan fingerprint density at radius 2 is 1.50 bits per heavy atom. The fourth-order valence-corrected chi connectivity index (χ4v) is 4.56. The van der Waals surface area contributed by atoms with E-state index in [1.807, 2.05) is 26.0 Å². The third-order valence-electron chi connectivity index (χ3n) is 6.17. The van der Waals surface area contributed by atoms with Crippen molar-refractivity contribution in [2.45, 2.75) is 45.2 Å². The summed E-state index contributed by atoms with van der Waals surface area (Å²) >= 11 is -3.67. The first kappa shape index (κ1) is 27.3. The minimum absolute atomic E-state index is 0.0644. The van der Waals surface area contributed by atoms with E-state index in [2.05, 4.69) is 14.0 Å². The van der Waals surface area contributed by atoms with Crippen molar-refractivity contribution in [2.24, 2.45) is 5.16 Å². The van der Waals surface area contributed by atoms with Gasteiger partial charge < -0.3 is 4.57 Å². The fraction of sp³-hybridized carbons (Fsp3) is 0.250. The van der Waals surface area contributed by atoms with Gasteiger partial charge in [-0.1, -0.05) is 48.8 Å². The number of aryl methyl sites for hydroxylation is 1. The zero-order chi connectivity index (χ0) is 27.4. The highest BCUT2D eigenvalue weighted by molar-refractivity contribution is 7.81. The zero-order valence-electron chi connectivity index (χ0n) is 20.7. The van der Waals surface area contributed by atoms with Crippen molar-refractivity contribution < 1.29 is 31.3 Å². The van der Waals surface area contributed by atoms with E-state index in [-0.39, 0.29) is 23.5 Å². The van der Waals surface area contributed by atoms with Crippen molar-refractivity contribution in [3.8, 4) is 0 Å². The molecule has 0 fully saturated rings. The molecule has 10 heteroatoms. The molecule has 0 saturated heterocycles. The van der Waals surface area contributed by atoms with Gasteiger partial charge in [0.15, 0.2) is 5.78 Å². The monoisotopic (exact) mass is 542 g/mol. The molecule has 6 nitrogen and oxygen atoms in total. The lowest BCUT2D eigenvalue weighted by Crippen LogP contribution is -2.20. The van der Waals surface area contributed by atoms with Gasteiger partial charge in [0.1, 0.15) is 5.71 Å². The molecule has 3 aromatic carbocycles. The smallest absolute Gasteiger partial charge is 0.341 e. The van der Waals surface area contributed by atoms with Crippen molar-refractivity contribution in [1.82, 2.24) is 4.57 Å². The second-order valence-electron chi connectivity index (χ2n) is 8.63. The Morgan fingerprint density at radius 3 is 2.08 bits per heavy atom. The first-order valence-corrected chi connectivity index (χ1v) is 13.2. The van der Waals surface area contributed by atoms with Crippen LogP contribution >= 0.6 is 0 Å². The number of oxime groups is 1. The maximum atomic E-state index is 13.3. The van der Waals surface area contributed by atoms with E-state index in [1.54, 1.807) is 54.6 Å². The van der Waals surface area contributed by atoms with Gasteiger partial charge >= 0.3 is 16.6 Å². The number of alkyl halides is 3. The molecule has 0 N–H and O–H groups in total. The number of carbonyl (C=O) groups is 2. The number of Topliss-reactive ketones (excluding diaryl/α,β-unsaturated/α-hetero) is 1. The summed E-state index contributed by atoms with van der Waals surface area (Å²) in [6, 6.07) is 19.3. The van der Waals surface area contributed by atoms with E-state index in [4.69, 9.17) is 0 Å². The van der Waals surface area contributed by atoms with Gasteiger partial charge in [0.2, 0.25) is 5.78 Å². The van der Waals surface area contributed by atoms with E-state index >= 15 is 0 Å². The van der Waals surface area contributed by atoms with Gasteiger partial charge in [-0.2, -0.15) is 13.2 Å². The molecule has 0 bridgehead atoms. The van der Waals surface area contributed by atoms with Gasteiger partial charge in [-0.3, -0.25) is 13.9 Å². The summed E-state index contributed by atoms with van der Waals surface area (Å²) in [5.74, 6) is -0.755. The van der Waals surface area contributed by atoms with Crippen molar-refractivity contribution in [2.75, 3.05) is 0 Å². The zero-order valence-corrected chi connectivity index (χ0v) is 21.6. The van der Waals surface area contributed by atoms with Crippen molar-refractivity contribution in [3.63, 3.8) is 0 Å². The van der Waals surface area contributed by atoms with Crippen LogP contribution in [0, 0.1) is 0 Å². The molecule has 38 heavy (non-hydrogen) atoms. The summed E-state index contributed by atoms with van der Waals surface area (Å²) < 4.78 is 55.3. The Labute approximate surface area is 219 Å². The Hall–Kier alpha value is -3.79. The summed E-state index contributed by atoms with van der Waals surface area (Å²) in [4.78, 5) is 26.3. The van der Waals surface area contributed by atoms with E-state index in [9.17, 15) is 27.0 Å². The van der Waals surface area contributed by atoms with Crippen LogP contribution in [0.25, 0.3) is 21.8 Å². The summed E-state index contributed by atoms with van der Waals surface area (Å²) in [7, 11) is 0. The Bertz CT molecular complexity index is 1560. The first-order valence-electron chi connectivity index (χ1n) is 12.1. The highest BCUT2D eigenvalue weighted by Gasteiger charge is 2.40. The van der Waals surface area contributed by atoms with Crippen molar-refractivity contribution in [1.29, 1.82) is 0 Å². The van der Waals surface area contributed by atoms with E-state index in [0.717, 1.165) is 16.4 Å². The maximum Gasteiger partial charge on any atom is 0.510 e. The number of aromatic nitrogens is 1. The standard InChI is InChI=1S/C28H25F3N2O4S/c1-3-5-11-23(32-37-38(36)28(29,30)31)27(35)20-13-15-25-22(17-20)21-16-19(12-14-24(21)33(25)4-2)26(34)18-9-7-6-8-10-18/h6-10,12-17H,3-5,11H2,1-2H3/b32-23+. The average molecular weight is 543 g/mol. The Morgan fingerprint density at radius 1 is 0.895 bits per heavy atom. The topological polar surface area (TPSA) is 77.7 Å². The van der Waals surface area contributed by atoms with Crippen LogP contribution in [0.3, 0.4) is 0 Å².